The van der Waals surface area contributed by atoms with Crippen molar-refractivity contribution >= 4 is 15.9 Å². The lowest BCUT2D eigenvalue weighted by Crippen LogP contribution is -1.96. The van der Waals surface area contributed by atoms with Gasteiger partial charge in [0.25, 0.3) is 0 Å². The zero-order valence-corrected chi connectivity index (χ0v) is 8.45. The van der Waals surface area contributed by atoms with E-state index in [-0.39, 0.29) is 12.2 Å². The molecule has 1 atom stereocenters. The molecule has 0 bridgehead atoms. The molecule has 2 nitrogen and oxygen atoms in total. The lowest BCUT2D eigenvalue weighted by molar-refractivity contribution is 0.180. The Bertz CT molecular complexity index is 341. The van der Waals surface area contributed by atoms with Crippen LogP contribution in [0.2, 0.25) is 0 Å². The zero-order chi connectivity index (χ0) is 9.84. The lowest BCUT2D eigenvalue weighted by atomic mass is 10.1. The van der Waals surface area contributed by atoms with Crippen LogP contribution in [0.1, 0.15) is 18.1 Å². The van der Waals surface area contributed by atoms with Gasteiger partial charge in [0.05, 0.1) is 6.10 Å². The van der Waals surface area contributed by atoms with E-state index >= 15 is 0 Å². The Morgan fingerprint density at radius 1 is 1.54 bits per heavy atom. The van der Waals surface area contributed by atoms with Crippen LogP contribution in [0, 0.1) is 12.3 Å². The summed E-state index contributed by atoms with van der Waals surface area (Å²) in [5.74, 6) is 2.40. The first-order chi connectivity index (χ1) is 6.15. The lowest BCUT2D eigenvalue weighted by Gasteiger charge is -2.09. The molecular weight excluding hydrogens is 232 g/mol. The van der Waals surface area contributed by atoms with Crippen molar-refractivity contribution in [2.24, 2.45) is 0 Å². The van der Waals surface area contributed by atoms with Crippen molar-refractivity contribution in [1.29, 1.82) is 0 Å². The van der Waals surface area contributed by atoms with Crippen molar-refractivity contribution in [3.8, 4) is 18.1 Å². The van der Waals surface area contributed by atoms with Crippen LogP contribution in [-0.4, -0.2) is 10.2 Å². The quantitative estimate of drug-likeness (QED) is 0.779. The molecule has 0 aliphatic carbocycles. The van der Waals surface area contributed by atoms with Crippen molar-refractivity contribution in [2.75, 3.05) is 0 Å². The van der Waals surface area contributed by atoms with Gasteiger partial charge in [0.15, 0.2) is 0 Å². The number of terminal acetylenes is 1. The van der Waals surface area contributed by atoms with Crippen LogP contribution in [0.25, 0.3) is 0 Å². The third-order valence-electron chi connectivity index (χ3n) is 1.66. The molecule has 0 amide bonds. The molecule has 0 heterocycles. The molecule has 68 valence electrons. The molecule has 0 fully saturated rings. The molecule has 1 unspecified atom stereocenters. The monoisotopic (exact) mass is 240 g/mol. The molecule has 1 aromatic carbocycles. The highest BCUT2D eigenvalue weighted by Crippen LogP contribution is 2.28. The van der Waals surface area contributed by atoms with Gasteiger partial charge in [-0.1, -0.05) is 15.9 Å². The number of rotatable bonds is 2. The molecule has 2 N–H and O–H groups in total. The molecule has 0 aromatic heterocycles. The van der Waals surface area contributed by atoms with Gasteiger partial charge in [-0.15, -0.1) is 12.3 Å². The molecule has 3 heteroatoms. The van der Waals surface area contributed by atoms with Gasteiger partial charge in [0.1, 0.15) is 5.75 Å². The minimum absolute atomic E-state index is 0.0611. The third-order valence-corrected chi connectivity index (χ3v) is 2.15. The fourth-order valence-corrected chi connectivity index (χ4v) is 1.39. The molecule has 1 rings (SSSR count). The van der Waals surface area contributed by atoms with E-state index in [4.69, 9.17) is 6.42 Å². The molecule has 0 aliphatic heterocycles. The van der Waals surface area contributed by atoms with E-state index < -0.39 is 6.10 Å². The van der Waals surface area contributed by atoms with E-state index in [1.165, 1.54) is 6.07 Å². The largest absolute Gasteiger partial charge is 0.508 e. The number of phenols is 1. The average molecular weight is 241 g/mol. The molecule has 0 aliphatic rings. The van der Waals surface area contributed by atoms with Gasteiger partial charge < -0.3 is 10.2 Å². The van der Waals surface area contributed by atoms with Crippen molar-refractivity contribution in [3.63, 3.8) is 0 Å². The Labute approximate surface area is 85.3 Å². The summed E-state index contributed by atoms with van der Waals surface area (Å²) in [6.45, 7) is 0. The highest BCUT2D eigenvalue weighted by molar-refractivity contribution is 9.10. The third kappa shape index (κ3) is 2.48. The second-order valence-electron chi connectivity index (χ2n) is 2.63. The second kappa shape index (κ2) is 4.31. The molecule has 0 saturated heterocycles. The van der Waals surface area contributed by atoms with Crippen molar-refractivity contribution in [3.05, 3.63) is 28.2 Å². The Balaban J connectivity index is 3.00. The molecular formula is C10H9BrO2. The topological polar surface area (TPSA) is 40.5 Å². The Hall–Kier alpha value is -0.980. The van der Waals surface area contributed by atoms with Crippen LogP contribution in [0.3, 0.4) is 0 Å². The van der Waals surface area contributed by atoms with E-state index in [0.29, 0.717) is 5.56 Å². The Morgan fingerprint density at radius 2 is 2.23 bits per heavy atom. The van der Waals surface area contributed by atoms with Crippen LogP contribution < -0.4 is 0 Å². The molecule has 13 heavy (non-hydrogen) atoms. The summed E-state index contributed by atoms with van der Waals surface area (Å²) in [4.78, 5) is 0. The van der Waals surface area contributed by atoms with E-state index in [9.17, 15) is 10.2 Å². The fraction of sp³-hybridized carbons (Fsp3) is 0.200. The van der Waals surface area contributed by atoms with Crippen LogP contribution in [0.4, 0.5) is 0 Å². The minimum atomic E-state index is -0.803. The highest BCUT2D eigenvalue weighted by atomic mass is 79.9. The average Bonchev–Trinajstić information content (AvgIpc) is 2.09. The fourth-order valence-electron chi connectivity index (χ4n) is 1.01. The van der Waals surface area contributed by atoms with Gasteiger partial charge in [-0.2, -0.15) is 0 Å². The predicted molar refractivity (Wildman–Crippen MR) is 54.2 cm³/mol. The number of phenolic OH excluding ortho intramolecular Hbond substituents is 1. The molecule has 0 spiro atoms. The maximum atomic E-state index is 9.50. The normalized spacial score (nSPS) is 12.1. The molecule has 0 radical (unpaired) electrons. The first kappa shape index (κ1) is 10.1. The van der Waals surface area contributed by atoms with Crippen LogP contribution >= 0.6 is 15.9 Å². The Morgan fingerprint density at radius 3 is 2.85 bits per heavy atom. The van der Waals surface area contributed by atoms with Crippen LogP contribution in [0.5, 0.6) is 5.75 Å². The van der Waals surface area contributed by atoms with Crippen molar-refractivity contribution in [2.45, 2.75) is 12.5 Å². The van der Waals surface area contributed by atoms with Gasteiger partial charge in [0.2, 0.25) is 0 Å². The number of aliphatic hydroxyl groups excluding tert-OH is 1. The minimum Gasteiger partial charge on any atom is -0.508 e. The summed E-state index contributed by atoms with van der Waals surface area (Å²) in [6, 6.07) is 4.86. The summed E-state index contributed by atoms with van der Waals surface area (Å²) in [6.07, 6.45) is 4.45. The second-order valence-corrected chi connectivity index (χ2v) is 3.54. The predicted octanol–water partition coefficient (Wildman–Crippen LogP) is 2.21. The number of aromatic hydroxyl groups is 1. The van der Waals surface area contributed by atoms with E-state index in [2.05, 4.69) is 21.9 Å². The van der Waals surface area contributed by atoms with Gasteiger partial charge in [-0.05, 0) is 18.2 Å². The van der Waals surface area contributed by atoms with E-state index in [1.54, 1.807) is 12.1 Å². The Kier molecular flexibility index (Phi) is 3.35. The van der Waals surface area contributed by atoms with Gasteiger partial charge in [-0.3, -0.25) is 0 Å². The SMILES string of the molecule is C#CCC(O)c1cc(Br)ccc1O. The van der Waals surface area contributed by atoms with Crippen LogP contribution in [0.15, 0.2) is 22.7 Å². The standard InChI is InChI=1S/C10H9BrO2/c1-2-3-9(12)8-6-7(11)4-5-10(8)13/h1,4-6,9,12-13H,3H2. The zero-order valence-electron chi connectivity index (χ0n) is 6.87. The summed E-state index contributed by atoms with van der Waals surface area (Å²) < 4.78 is 0.802. The highest BCUT2D eigenvalue weighted by Gasteiger charge is 2.10. The number of hydrogen-bond donors (Lipinski definition) is 2. The smallest absolute Gasteiger partial charge is 0.121 e. The van der Waals surface area contributed by atoms with Crippen molar-refractivity contribution < 1.29 is 10.2 Å². The summed E-state index contributed by atoms with van der Waals surface area (Å²) in [5.41, 5.74) is 0.451. The van der Waals surface area contributed by atoms with Gasteiger partial charge in [-0.25, -0.2) is 0 Å². The summed E-state index contributed by atoms with van der Waals surface area (Å²) >= 11 is 3.24. The number of aliphatic hydroxyl groups is 1. The summed E-state index contributed by atoms with van der Waals surface area (Å²) in [5, 5.41) is 18.9. The van der Waals surface area contributed by atoms with Gasteiger partial charge >= 0.3 is 0 Å². The number of benzene rings is 1. The van der Waals surface area contributed by atoms with E-state index in [0.717, 1.165) is 4.47 Å². The first-order valence-electron chi connectivity index (χ1n) is 3.75. The molecule has 1 aromatic rings. The summed E-state index contributed by atoms with van der Waals surface area (Å²) in [7, 11) is 0. The maximum Gasteiger partial charge on any atom is 0.121 e. The number of halogens is 1. The molecule has 0 saturated carbocycles. The first-order valence-corrected chi connectivity index (χ1v) is 4.54. The van der Waals surface area contributed by atoms with Crippen molar-refractivity contribution in [1.82, 2.24) is 0 Å². The number of hydrogen-bond acceptors (Lipinski definition) is 2. The maximum absolute atomic E-state index is 9.50. The van der Waals surface area contributed by atoms with Crippen LogP contribution in [-0.2, 0) is 0 Å². The van der Waals surface area contributed by atoms with Gasteiger partial charge in [0, 0.05) is 16.5 Å². The van der Waals surface area contributed by atoms with E-state index in [1.807, 2.05) is 0 Å².